The molecule has 0 fully saturated rings. The second-order valence-corrected chi connectivity index (χ2v) is 5.17. The van der Waals surface area contributed by atoms with E-state index in [1.165, 1.54) is 5.56 Å². The van der Waals surface area contributed by atoms with E-state index in [0.717, 1.165) is 11.3 Å². The third kappa shape index (κ3) is 3.04. The summed E-state index contributed by atoms with van der Waals surface area (Å²) in [5.41, 5.74) is 1.24. The standard InChI is InChI=1S/C14H14OS/c15-16(14-9-5-2-6-10-14)12-11-13-7-3-1-4-8-13/h1-10H,11-12H2. The van der Waals surface area contributed by atoms with E-state index >= 15 is 0 Å². The Labute approximate surface area is 98.6 Å². The predicted molar refractivity (Wildman–Crippen MR) is 67.9 cm³/mol. The fraction of sp³-hybridized carbons (Fsp3) is 0.143. The van der Waals surface area contributed by atoms with Crippen molar-refractivity contribution in [3.8, 4) is 0 Å². The molecule has 0 radical (unpaired) electrons. The molecule has 0 N–H and O–H groups in total. The number of hydrogen-bond acceptors (Lipinski definition) is 1. The molecule has 0 saturated carbocycles. The normalized spacial score (nSPS) is 12.2. The second-order valence-electron chi connectivity index (χ2n) is 3.60. The molecule has 1 unspecified atom stereocenters. The van der Waals surface area contributed by atoms with Crippen LogP contribution < -0.4 is 0 Å². The lowest BCUT2D eigenvalue weighted by Crippen LogP contribution is -2.01. The largest absolute Gasteiger partial charge is 0.254 e. The van der Waals surface area contributed by atoms with Gasteiger partial charge >= 0.3 is 0 Å². The molecule has 2 heteroatoms. The maximum Gasteiger partial charge on any atom is 0.0532 e. The topological polar surface area (TPSA) is 17.1 Å². The van der Waals surface area contributed by atoms with Gasteiger partial charge in [0, 0.05) is 10.6 Å². The van der Waals surface area contributed by atoms with Gasteiger partial charge in [-0.05, 0) is 24.1 Å². The minimum absolute atomic E-state index is 0.689. The fourth-order valence-electron chi connectivity index (χ4n) is 1.55. The highest BCUT2D eigenvalue weighted by molar-refractivity contribution is 7.85. The lowest BCUT2D eigenvalue weighted by atomic mass is 10.2. The van der Waals surface area contributed by atoms with Crippen molar-refractivity contribution in [3.05, 3.63) is 66.2 Å². The highest BCUT2D eigenvalue weighted by Crippen LogP contribution is 2.08. The van der Waals surface area contributed by atoms with Crippen LogP contribution in [0.2, 0.25) is 0 Å². The number of aryl methyl sites for hydroxylation is 1. The highest BCUT2D eigenvalue weighted by atomic mass is 32.2. The molecule has 2 rings (SSSR count). The van der Waals surface area contributed by atoms with Crippen molar-refractivity contribution in [2.24, 2.45) is 0 Å². The van der Waals surface area contributed by atoms with Gasteiger partial charge in [0.1, 0.15) is 0 Å². The summed E-state index contributed by atoms with van der Waals surface area (Å²) in [7, 11) is -0.884. The zero-order valence-electron chi connectivity index (χ0n) is 9.00. The van der Waals surface area contributed by atoms with Gasteiger partial charge < -0.3 is 0 Å². The summed E-state index contributed by atoms with van der Waals surface area (Å²) in [6.45, 7) is 0. The molecule has 1 nitrogen and oxygen atoms in total. The van der Waals surface area contributed by atoms with Crippen LogP contribution in [0.5, 0.6) is 0 Å². The van der Waals surface area contributed by atoms with Gasteiger partial charge in [-0.3, -0.25) is 4.21 Å². The molecular weight excluding hydrogens is 216 g/mol. The van der Waals surface area contributed by atoms with Crippen LogP contribution in [0, 0.1) is 0 Å². The van der Waals surface area contributed by atoms with Gasteiger partial charge in [-0.1, -0.05) is 48.5 Å². The first kappa shape index (κ1) is 11.1. The van der Waals surface area contributed by atoms with Crippen LogP contribution in [0.4, 0.5) is 0 Å². The molecule has 1 atom stereocenters. The third-order valence-corrected chi connectivity index (χ3v) is 3.80. The van der Waals surface area contributed by atoms with Gasteiger partial charge in [0.2, 0.25) is 0 Å². The van der Waals surface area contributed by atoms with E-state index in [-0.39, 0.29) is 0 Å². The molecule has 0 heterocycles. The maximum atomic E-state index is 11.9. The minimum atomic E-state index is -0.884. The minimum Gasteiger partial charge on any atom is -0.254 e. The zero-order valence-corrected chi connectivity index (χ0v) is 9.82. The van der Waals surface area contributed by atoms with Crippen molar-refractivity contribution < 1.29 is 4.21 Å². The van der Waals surface area contributed by atoms with Gasteiger partial charge in [0.05, 0.1) is 10.8 Å². The molecule has 2 aromatic carbocycles. The van der Waals surface area contributed by atoms with Gasteiger partial charge in [0.15, 0.2) is 0 Å². The maximum absolute atomic E-state index is 11.9. The summed E-state index contributed by atoms with van der Waals surface area (Å²) < 4.78 is 11.9. The Morgan fingerprint density at radius 2 is 1.38 bits per heavy atom. The Hall–Kier alpha value is -1.41. The van der Waals surface area contributed by atoms with Crippen LogP contribution in [0.1, 0.15) is 5.56 Å². The van der Waals surface area contributed by atoms with Crippen LogP contribution >= 0.6 is 0 Å². The SMILES string of the molecule is O=S(CCc1ccccc1)c1ccccc1. The number of benzene rings is 2. The fourth-order valence-corrected chi connectivity index (χ4v) is 2.66. The molecule has 0 spiro atoms. The Kier molecular flexibility index (Phi) is 3.89. The molecule has 0 bridgehead atoms. The van der Waals surface area contributed by atoms with E-state index in [4.69, 9.17) is 0 Å². The van der Waals surface area contributed by atoms with Crippen molar-refractivity contribution in [2.45, 2.75) is 11.3 Å². The van der Waals surface area contributed by atoms with Crippen LogP contribution in [0.3, 0.4) is 0 Å². The predicted octanol–water partition coefficient (Wildman–Crippen LogP) is 3.04. The molecular formula is C14H14OS. The molecule has 0 aromatic heterocycles. The first-order valence-electron chi connectivity index (χ1n) is 5.33. The van der Waals surface area contributed by atoms with Gasteiger partial charge in [-0.15, -0.1) is 0 Å². The molecule has 2 aromatic rings. The number of hydrogen-bond donors (Lipinski definition) is 0. The molecule has 0 saturated heterocycles. The summed E-state index contributed by atoms with van der Waals surface area (Å²) in [5, 5.41) is 0. The Morgan fingerprint density at radius 3 is 2.00 bits per heavy atom. The van der Waals surface area contributed by atoms with Crippen LogP contribution in [0.25, 0.3) is 0 Å². The number of rotatable bonds is 4. The summed E-state index contributed by atoms with van der Waals surface area (Å²) >= 11 is 0. The van der Waals surface area contributed by atoms with E-state index in [1.807, 2.05) is 48.5 Å². The lowest BCUT2D eigenvalue weighted by Gasteiger charge is -2.02. The molecule has 16 heavy (non-hydrogen) atoms. The molecule has 0 aliphatic carbocycles. The summed E-state index contributed by atoms with van der Waals surface area (Å²) in [5.74, 6) is 0.689. The summed E-state index contributed by atoms with van der Waals surface area (Å²) in [6, 6.07) is 19.8. The quantitative estimate of drug-likeness (QED) is 0.789. The lowest BCUT2D eigenvalue weighted by molar-refractivity contribution is 0.682. The average molecular weight is 230 g/mol. The van der Waals surface area contributed by atoms with E-state index in [2.05, 4.69) is 12.1 Å². The van der Waals surface area contributed by atoms with Gasteiger partial charge in [-0.25, -0.2) is 0 Å². The van der Waals surface area contributed by atoms with Crippen molar-refractivity contribution in [2.75, 3.05) is 5.75 Å². The van der Waals surface area contributed by atoms with Crippen LogP contribution in [0.15, 0.2) is 65.6 Å². The van der Waals surface area contributed by atoms with E-state index in [1.54, 1.807) is 0 Å². The molecule has 0 aliphatic heterocycles. The van der Waals surface area contributed by atoms with E-state index in [0.29, 0.717) is 5.75 Å². The molecule has 0 aliphatic rings. The Bertz CT molecular complexity index is 451. The first-order chi connectivity index (χ1) is 7.86. The third-order valence-electron chi connectivity index (χ3n) is 2.43. The van der Waals surface area contributed by atoms with Gasteiger partial charge in [-0.2, -0.15) is 0 Å². The highest BCUT2D eigenvalue weighted by Gasteiger charge is 2.02. The van der Waals surface area contributed by atoms with Gasteiger partial charge in [0.25, 0.3) is 0 Å². The summed E-state index contributed by atoms with van der Waals surface area (Å²) in [6.07, 6.45) is 0.863. The smallest absolute Gasteiger partial charge is 0.0532 e. The van der Waals surface area contributed by atoms with Crippen molar-refractivity contribution >= 4 is 10.8 Å². The zero-order chi connectivity index (χ0) is 11.2. The van der Waals surface area contributed by atoms with E-state index < -0.39 is 10.8 Å². The Balaban J connectivity index is 1.95. The average Bonchev–Trinajstić information content (AvgIpc) is 2.38. The van der Waals surface area contributed by atoms with Crippen LogP contribution in [-0.4, -0.2) is 9.96 Å². The Morgan fingerprint density at radius 1 is 0.812 bits per heavy atom. The second kappa shape index (κ2) is 5.61. The first-order valence-corrected chi connectivity index (χ1v) is 6.65. The van der Waals surface area contributed by atoms with Crippen molar-refractivity contribution in [3.63, 3.8) is 0 Å². The molecule has 0 amide bonds. The van der Waals surface area contributed by atoms with Crippen molar-refractivity contribution in [1.29, 1.82) is 0 Å². The van der Waals surface area contributed by atoms with E-state index in [9.17, 15) is 4.21 Å². The van der Waals surface area contributed by atoms with Crippen LogP contribution in [-0.2, 0) is 17.2 Å². The summed E-state index contributed by atoms with van der Waals surface area (Å²) in [4.78, 5) is 0.915. The van der Waals surface area contributed by atoms with Crippen molar-refractivity contribution in [1.82, 2.24) is 0 Å². The monoisotopic (exact) mass is 230 g/mol. The molecule has 82 valence electrons.